The van der Waals surface area contributed by atoms with Gasteiger partial charge in [0, 0.05) is 26.7 Å². The van der Waals surface area contributed by atoms with Crippen molar-refractivity contribution in [3.63, 3.8) is 0 Å². The lowest BCUT2D eigenvalue weighted by molar-refractivity contribution is -0.142. The van der Waals surface area contributed by atoms with Gasteiger partial charge in [0.05, 0.1) is 26.9 Å². The first-order chi connectivity index (χ1) is 16.0. The van der Waals surface area contributed by atoms with Gasteiger partial charge in [-0.05, 0) is 39.0 Å². The van der Waals surface area contributed by atoms with E-state index in [0.717, 1.165) is 21.6 Å². The molecule has 3 aromatic rings. The highest BCUT2D eigenvalue weighted by Gasteiger charge is 2.21. The molecule has 0 unspecified atom stereocenters. The third kappa shape index (κ3) is 5.77. The van der Waals surface area contributed by atoms with Crippen molar-refractivity contribution < 1.29 is 27.3 Å². The van der Waals surface area contributed by atoms with E-state index in [1.807, 2.05) is 11.5 Å². The minimum absolute atomic E-state index is 0.0238. The average molecular weight is 510 g/mol. The van der Waals surface area contributed by atoms with Crippen LogP contribution in [-0.2, 0) is 37.5 Å². The largest absolute Gasteiger partial charge is 0.457 e. The van der Waals surface area contributed by atoms with Crippen molar-refractivity contribution in [3.05, 3.63) is 35.9 Å². The van der Waals surface area contributed by atoms with E-state index >= 15 is 0 Å². The fourth-order valence-corrected chi connectivity index (χ4v) is 4.70. The number of hydrogen-bond donors (Lipinski definition) is 1. The summed E-state index contributed by atoms with van der Waals surface area (Å²) in [5, 5.41) is 5.81. The topological polar surface area (TPSA) is 137 Å². The second-order valence-corrected chi connectivity index (χ2v) is 11.1. The second-order valence-electron chi connectivity index (χ2n) is 7.64. The number of ether oxygens (including phenoxy) is 1. The van der Waals surface area contributed by atoms with Crippen molar-refractivity contribution in [1.82, 2.24) is 19.0 Å². The number of sulfonamides is 1. The Kier molecular flexibility index (Phi) is 8.00. The van der Waals surface area contributed by atoms with Gasteiger partial charge < -0.3 is 19.1 Å². The first-order valence-corrected chi connectivity index (χ1v) is 12.9. The normalized spacial score (nSPS) is 12.8. The summed E-state index contributed by atoms with van der Waals surface area (Å²) in [6, 6.07) is 6.34. The number of anilines is 1. The van der Waals surface area contributed by atoms with Gasteiger partial charge in [0.1, 0.15) is 18.2 Å². The molecule has 1 amide bonds. The Balaban J connectivity index is 1.60. The summed E-state index contributed by atoms with van der Waals surface area (Å²) >= 11 is 1.13. The molecule has 2 aromatic heterocycles. The molecule has 0 bridgehead atoms. The molecule has 3 rings (SSSR count). The summed E-state index contributed by atoms with van der Waals surface area (Å²) in [5.41, 5.74) is 1.24. The highest BCUT2D eigenvalue weighted by Crippen LogP contribution is 2.23. The SMILES string of the molecule is CCn1c(COC(=O)CS[C@@H](C)C(=O)Nc2cc(C)on2)nc2cc(S(=O)(=O)N(C)C)ccc21. The van der Waals surface area contributed by atoms with Gasteiger partial charge in [-0.25, -0.2) is 17.7 Å². The molecule has 0 spiro atoms. The molecule has 34 heavy (non-hydrogen) atoms. The fraction of sp³-hybridized carbons (Fsp3) is 0.429. The maximum absolute atomic E-state index is 12.4. The number of fused-ring (bicyclic) bond motifs is 1. The van der Waals surface area contributed by atoms with Crippen LogP contribution in [0.2, 0.25) is 0 Å². The Morgan fingerprint density at radius 2 is 2.03 bits per heavy atom. The summed E-state index contributed by atoms with van der Waals surface area (Å²) in [4.78, 5) is 29.1. The molecule has 0 saturated carbocycles. The predicted octanol–water partition coefficient (Wildman–Crippen LogP) is 2.41. The molecule has 0 radical (unpaired) electrons. The van der Waals surface area contributed by atoms with Crippen molar-refractivity contribution >= 4 is 50.5 Å². The predicted molar refractivity (Wildman–Crippen MR) is 128 cm³/mol. The van der Waals surface area contributed by atoms with Gasteiger partial charge in [0.15, 0.2) is 5.82 Å². The van der Waals surface area contributed by atoms with E-state index in [-0.39, 0.29) is 23.2 Å². The molecule has 184 valence electrons. The number of esters is 1. The molecule has 1 aromatic carbocycles. The summed E-state index contributed by atoms with van der Waals surface area (Å²) in [6.45, 7) is 5.81. The summed E-state index contributed by atoms with van der Waals surface area (Å²) in [7, 11) is -0.661. The van der Waals surface area contributed by atoms with Crippen LogP contribution in [0.25, 0.3) is 11.0 Å². The molecule has 13 heteroatoms. The van der Waals surface area contributed by atoms with Crippen molar-refractivity contribution in [2.24, 2.45) is 0 Å². The Labute approximate surface area is 201 Å². The molecule has 0 aliphatic rings. The van der Waals surface area contributed by atoms with E-state index in [1.54, 1.807) is 26.0 Å². The van der Waals surface area contributed by atoms with Crippen molar-refractivity contribution in [3.8, 4) is 0 Å². The summed E-state index contributed by atoms with van der Waals surface area (Å²) in [5.74, 6) is 0.576. The van der Waals surface area contributed by atoms with Crippen LogP contribution in [0.1, 0.15) is 25.4 Å². The highest BCUT2D eigenvalue weighted by molar-refractivity contribution is 8.01. The number of imidazole rings is 1. The number of thioether (sulfide) groups is 1. The number of carbonyl (C=O) groups excluding carboxylic acids is 2. The zero-order valence-electron chi connectivity index (χ0n) is 19.6. The molecule has 0 aliphatic carbocycles. The van der Waals surface area contributed by atoms with Crippen LogP contribution in [0.3, 0.4) is 0 Å². The number of benzene rings is 1. The molecular formula is C21H27N5O6S2. The monoisotopic (exact) mass is 509 g/mol. The number of nitrogens with one attached hydrogen (secondary N) is 1. The van der Waals surface area contributed by atoms with E-state index in [4.69, 9.17) is 9.26 Å². The third-order valence-corrected chi connectivity index (χ3v) is 7.88. The highest BCUT2D eigenvalue weighted by atomic mass is 32.2. The third-order valence-electron chi connectivity index (χ3n) is 4.96. The lowest BCUT2D eigenvalue weighted by atomic mass is 10.3. The number of carbonyl (C=O) groups is 2. The molecule has 1 atom stereocenters. The summed E-state index contributed by atoms with van der Waals surface area (Å²) < 4.78 is 38.1. The van der Waals surface area contributed by atoms with Crippen LogP contribution in [0.15, 0.2) is 33.7 Å². The van der Waals surface area contributed by atoms with E-state index < -0.39 is 21.2 Å². The molecule has 2 heterocycles. The standard InChI is InChI=1S/C21H27N5O6S2/c1-6-26-17-8-7-15(34(29,30)25(4)5)10-16(17)22-19(26)11-31-20(27)12-33-14(3)21(28)23-18-9-13(2)32-24-18/h7-10,14H,6,11-12H2,1-5H3,(H,23,24,28)/t14-/m0/s1. The maximum Gasteiger partial charge on any atom is 0.316 e. The number of hydrogen-bond acceptors (Lipinski definition) is 9. The number of aryl methyl sites for hydroxylation is 2. The Hall–Kier alpha value is -2.90. The second kappa shape index (κ2) is 10.6. The number of nitrogens with zero attached hydrogens (tertiary/aromatic N) is 4. The Morgan fingerprint density at radius 3 is 2.65 bits per heavy atom. The van der Waals surface area contributed by atoms with E-state index in [1.165, 1.54) is 26.2 Å². The van der Waals surface area contributed by atoms with Crippen molar-refractivity contribution in [1.29, 1.82) is 0 Å². The number of amides is 1. The molecular weight excluding hydrogens is 482 g/mol. The van der Waals surface area contributed by atoms with Gasteiger partial charge >= 0.3 is 5.97 Å². The maximum atomic E-state index is 12.4. The van der Waals surface area contributed by atoms with Gasteiger partial charge in [-0.3, -0.25) is 9.59 Å². The quantitative estimate of drug-likeness (QED) is 0.408. The lowest BCUT2D eigenvalue weighted by Gasteiger charge is -2.11. The lowest BCUT2D eigenvalue weighted by Crippen LogP contribution is -2.24. The molecule has 0 saturated heterocycles. The molecule has 1 N–H and O–H groups in total. The van der Waals surface area contributed by atoms with Crippen LogP contribution >= 0.6 is 11.8 Å². The van der Waals surface area contributed by atoms with Crippen LogP contribution in [-0.4, -0.2) is 64.4 Å². The van der Waals surface area contributed by atoms with Crippen LogP contribution in [0.4, 0.5) is 5.82 Å². The van der Waals surface area contributed by atoms with Crippen molar-refractivity contribution in [2.45, 2.75) is 44.1 Å². The van der Waals surface area contributed by atoms with Crippen LogP contribution < -0.4 is 5.32 Å². The average Bonchev–Trinajstić information content (AvgIpc) is 3.37. The van der Waals surface area contributed by atoms with Crippen LogP contribution in [0, 0.1) is 6.92 Å². The number of aromatic nitrogens is 3. The molecule has 0 aliphatic heterocycles. The zero-order valence-corrected chi connectivity index (χ0v) is 21.2. The van der Waals surface area contributed by atoms with Crippen molar-refractivity contribution in [2.75, 3.05) is 25.2 Å². The van der Waals surface area contributed by atoms with E-state index in [9.17, 15) is 18.0 Å². The summed E-state index contributed by atoms with van der Waals surface area (Å²) in [6.07, 6.45) is 0. The van der Waals surface area contributed by atoms with Gasteiger partial charge in [0.2, 0.25) is 15.9 Å². The van der Waals surface area contributed by atoms with Gasteiger partial charge in [-0.15, -0.1) is 11.8 Å². The van der Waals surface area contributed by atoms with Gasteiger partial charge in [0.25, 0.3) is 0 Å². The zero-order chi connectivity index (χ0) is 25.0. The Bertz CT molecular complexity index is 1300. The fourth-order valence-electron chi connectivity index (χ4n) is 3.10. The molecule has 0 fully saturated rings. The first kappa shape index (κ1) is 25.7. The first-order valence-electron chi connectivity index (χ1n) is 10.5. The molecule has 11 nitrogen and oxygen atoms in total. The smallest absolute Gasteiger partial charge is 0.316 e. The number of rotatable bonds is 10. The minimum atomic E-state index is -3.59. The van der Waals surface area contributed by atoms with Crippen LogP contribution in [0.5, 0.6) is 0 Å². The minimum Gasteiger partial charge on any atom is -0.457 e. The van der Waals surface area contributed by atoms with E-state index in [2.05, 4.69) is 15.5 Å². The van der Waals surface area contributed by atoms with E-state index in [0.29, 0.717) is 29.5 Å². The van der Waals surface area contributed by atoms with Gasteiger partial charge in [-0.1, -0.05) is 5.16 Å². The Morgan fingerprint density at radius 1 is 1.29 bits per heavy atom. The van der Waals surface area contributed by atoms with Gasteiger partial charge in [-0.2, -0.15) is 0 Å².